The Bertz CT molecular complexity index is 476. The van der Waals surface area contributed by atoms with E-state index < -0.39 is 0 Å². The molecule has 0 spiro atoms. The van der Waals surface area contributed by atoms with Crippen LogP contribution in [0.1, 0.15) is 32.3 Å². The average molecular weight is 317 g/mol. The van der Waals surface area contributed by atoms with Gasteiger partial charge in [-0.25, -0.2) is 0 Å². The third-order valence-corrected chi connectivity index (χ3v) is 3.93. The number of rotatable bonds is 10. The molecule has 4 heteroatoms. The molecule has 1 N–H and O–H groups in total. The number of nitrogens with one attached hydrogen (secondary N) is 1. The quantitative estimate of drug-likeness (QED) is 0.532. The summed E-state index contributed by atoms with van der Waals surface area (Å²) in [6.45, 7) is 8.40. The standard InChI is InChI=1S/C19H31N3O/c1-5-22(6-2)16-8-7-15-20-19(23)14-11-17-9-12-18(13-10-17)21(3)4/h9-14H,5-8,15-16H2,1-4H3,(H,20,23)/b14-11+. The summed E-state index contributed by atoms with van der Waals surface area (Å²) in [7, 11) is 4.02. The number of anilines is 1. The van der Waals surface area contributed by atoms with Crippen molar-refractivity contribution >= 4 is 17.7 Å². The number of unbranched alkanes of at least 4 members (excludes halogenated alkanes) is 1. The predicted octanol–water partition coefficient (Wildman–Crippen LogP) is 3.00. The van der Waals surface area contributed by atoms with Gasteiger partial charge in [-0.05, 0) is 56.2 Å². The highest BCUT2D eigenvalue weighted by Gasteiger charge is 1.99. The summed E-state index contributed by atoms with van der Waals surface area (Å²) in [5.74, 6) is -0.0236. The first kappa shape index (κ1) is 19.2. The fourth-order valence-electron chi connectivity index (χ4n) is 2.33. The fraction of sp³-hybridized carbons (Fsp3) is 0.526. The molecule has 0 saturated carbocycles. The second kappa shape index (κ2) is 10.8. The SMILES string of the molecule is CCN(CC)CCCCNC(=O)/C=C/c1ccc(N(C)C)cc1. The Labute approximate surface area is 141 Å². The Morgan fingerprint density at radius 2 is 1.74 bits per heavy atom. The molecule has 1 amide bonds. The van der Waals surface area contributed by atoms with Crippen LogP contribution in [-0.2, 0) is 4.79 Å². The molecule has 0 unspecified atom stereocenters. The molecule has 0 atom stereocenters. The Morgan fingerprint density at radius 3 is 2.30 bits per heavy atom. The van der Waals surface area contributed by atoms with Crippen molar-refractivity contribution in [1.82, 2.24) is 10.2 Å². The molecule has 0 aliphatic heterocycles. The largest absolute Gasteiger partial charge is 0.378 e. The molecule has 1 rings (SSSR count). The molecule has 0 aliphatic rings. The molecule has 1 aromatic carbocycles. The molecule has 0 aromatic heterocycles. The van der Waals surface area contributed by atoms with Crippen LogP contribution >= 0.6 is 0 Å². The lowest BCUT2D eigenvalue weighted by molar-refractivity contribution is -0.116. The van der Waals surface area contributed by atoms with Crippen molar-refractivity contribution in [3.63, 3.8) is 0 Å². The summed E-state index contributed by atoms with van der Waals surface area (Å²) in [6.07, 6.45) is 5.60. The number of benzene rings is 1. The van der Waals surface area contributed by atoms with Crippen molar-refractivity contribution in [2.45, 2.75) is 26.7 Å². The van der Waals surface area contributed by atoms with Crippen LogP contribution < -0.4 is 10.2 Å². The third-order valence-electron chi connectivity index (χ3n) is 3.93. The Morgan fingerprint density at radius 1 is 1.09 bits per heavy atom. The molecular formula is C19H31N3O. The lowest BCUT2D eigenvalue weighted by Crippen LogP contribution is -2.26. The number of amides is 1. The zero-order valence-corrected chi connectivity index (χ0v) is 15.0. The van der Waals surface area contributed by atoms with E-state index in [2.05, 4.69) is 29.0 Å². The van der Waals surface area contributed by atoms with Crippen molar-refractivity contribution in [2.75, 3.05) is 45.2 Å². The number of nitrogens with zero attached hydrogens (tertiary/aromatic N) is 2. The molecule has 0 radical (unpaired) electrons. The lowest BCUT2D eigenvalue weighted by atomic mass is 10.2. The predicted molar refractivity (Wildman–Crippen MR) is 99.8 cm³/mol. The van der Waals surface area contributed by atoms with Crippen molar-refractivity contribution in [1.29, 1.82) is 0 Å². The fourth-order valence-corrected chi connectivity index (χ4v) is 2.33. The summed E-state index contributed by atoms with van der Waals surface area (Å²) in [5, 5.41) is 2.94. The van der Waals surface area contributed by atoms with Gasteiger partial charge in [-0.2, -0.15) is 0 Å². The third kappa shape index (κ3) is 7.84. The van der Waals surface area contributed by atoms with Gasteiger partial charge in [0.2, 0.25) is 5.91 Å². The molecule has 0 saturated heterocycles. The molecule has 0 bridgehead atoms. The number of carbonyl (C=O) groups excluding carboxylic acids is 1. The minimum atomic E-state index is -0.0236. The maximum atomic E-state index is 11.8. The monoisotopic (exact) mass is 317 g/mol. The van der Waals surface area contributed by atoms with Gasteiger partial charge in [0.1, 0.15) is 0 Å². The molecule has 128 valence electrons. The van der Waals surface area contributed by atoms with Crippen molar-refractivity contribution in [3.05, 3.63) is 35.9 Å². The molecule has 4 nitrogen and oxygen atoms in total. The minimum Gasteiger partial charge on any atom is -0.378 e. The van der Waals surface area contributed by atoms with Gasteiger partial charge in [0.05, 0.1) is 0 Å². The maximum absolute atomic E-state index is 11.8. The van der Waals surface area contributed by atoms with Crippen LogP contribution in [0.4, 0.5) is 5.69 Å². The van der Waals surface area contributed by atoms with Crippen molar-refractivity contribution in [2.24, 2.45) is 0 Å². The van der Waals surface area contributed by atoms with Crippen LogP contribution in [0, 0.1) is 0 Å². The summed E-state index contributed by atoms with van der Waals surface area (Å²) in [6, 6.07) is 8.13. The minimum absolute atomic E-state index is 0.0236. The molecule has 0 heterocycles. The second-order valence-corrected chi connectivity index (χ2v) is 5.84. The van der Waals surface area contributed by atoms with Gasteiger partial charge >= 0.3 is 0 Å². The first-order valence-electron chi connectivity index (χ1n) is 8.52. The van der Waals surface area contributed by atoms with Crippen LogP contribution in [0.25, 0.3) is 6.08 Å². The van der Waals surface area contributed by atoms with E-state index in [1.165, 1.54) is 0 Å². The van der Waals surface area contributed by atoms with Crippen LogP contribution in [-0.4, -0.2) is 51.1 Å². The van der Waals surface area contributed by atoms with E-state index >= 15 is 0 Å². The second-order valence-electron chi connectivity index (χ2n) is 5.84. The normalized spacial score (nSPS) is 11.2. The summed E-state index contributed by atoms with van der Waals surface area (Å²) < 4.78 is 0. The zero-order chi connectivity index (χ0) is 17.1. The highest BCUT2D eigenvalue weighted by molar-refractivity contribution is 5.91. The Balaban J connectivity index is 2.25. The maximum Gasteiger partial charge on any atom is 0.243 e. The van der Waals surface area contributed by atoms with Crippen LogP contribution in [0.3, 0.4) is 0 Å². The van der Waals surface area contributed by atoms with Crippen LogP contribution in [0.15, 0.2) is 30.3 Å². The molecular weight excluding hydrogens is 286 g/mol. The highest BCUT2D eigenvalue weighted by Crippen LogP contribution is 2.12. The molecule has 23 heavy (non-hydrogen) atoms. The van der Waals surface area contributed by atoms with E-state index in [9.17, 15) is 4.79 Å². The van der Waals surface area contributed by atoms with Crippen molar-refractivity contribution in [3.8, 4) is 0 Å². The van der Waals surface area contributed by atoms with Gasteiger partial charge < -0.3 is 15.1 Å². The Hall–Kier alpha value is -1.81. The van der Waals surface area contributed by atoms with E-state index in [1.807, 2.05) is 44.4 Å². The summed E-state index contributed by atoms with van der Waals surface area (Å²) >= 11 is 0. The number of carbonyl (C=O) groups is 1. The topological polar surface area (TPSA) is 35.6 Å². The molecule has 0 fully saturated rings. The zero-order valence-electron chi connectivity index (χ0n) is 15.0. The van der Waals surface area contributed by atoms with E-state index in [0.717, 1.165) is 50.3 Å². The summed E-state index contributed by atoms with van der Waals surface area (Å²) in [5.41, 5.74) is 2.19. The van der Waals surface area contributed by atoms with Crippen LogP contribution in [0.2, 0.25) is 0 Å². The first-order valence-corrected chi connectivity index (χ1v) is 8.52. The smallest absolute Gasteiger partial charge is 0.243 e. The van der Waals surface area contributed by atoms with Gasteiger partial charge in [0, 0.05) is 32.4 Å². The first-order chi connectivity index (χ1) is 11.1. The number of hydrogen-bond acceptors (Lipinski definition) is 3. The van der Waals surface area contributed by atoms with E-state index in [4.69, 9.17) is 0 Å². The van der Waals surface area contributed by atoms with E-state index in [-0.39, 0.29) is 5.91 Å². The van der Waals surface area contributed by atoms with Gasteiger partial charge in [-0.1, -0.05) is 26.0 Å². The van der Waals surface area contributed by atoms with E-state index in [0.29, 0.717) is 0 Å². The Kier molecular flexibility index (Phi) is 9.07. The molecule has 0 aliphatic carbocycles. The molecule has 1 aromatic rings. The van der Waals surface area contributed by atoms with E-state index in [1.54, 1.807) is 6.08 Å². The average Bonchev–Trinajstić information content (AvgIpc) is 2.56. The highest BCUT2D eigenvalue weighted by atomic mass is 16.1. The number of hydrogen-bond donors (Lipinski definition) is 1. The summed E-state index contributed by atoms with van der Waals surface area (Å²) in [4.78, 5) is 16.2. The van der Waals surface area contributed by atoms with Gasteiger partial charge in [0.25, 0.3) is 0 Å². The van der Waals surface area contributed by atoms with Gasteiger partial charge in [-0.15, -0.1) is 0 Å². The van der Waals surface area contributed by atoms with Crippen LogP contribution in [0.5, 0.6) is 0 Å². The lowest BCUT2D eigenvalue weighted by Gasteiger charge is -2.17. The van der Waals surface area contributed by atoms with Gasteiger partial charge in [-0.3, -0.25) is 4.79 Å². The van der Waals surface area contributed by atoms with Gasteiger partial charge in [0.15, 0.2) is 0 Å². The van der Waals surface area contributed by atoms with Crippen molar-refractivity contribution < 1.29 is 4.79 Å².